The molecule has 1 saturated heterocycles. The number of fused-ring (bicyclic) bond motifs is 1. The molecule has 0 spiro atoms. The molecule has 5 heteroatoms. The normalized spacial score (nSPS) is 29.9. The lowest BCUT2D eigenvalue weighted by Gasteiger charge is -2.47. The standard InChI is InChI=1S/C15H19ClN2O2/c16-13-12(5-3-8-17-13)14(19)18-9-7-15(20)6-2-1-4-11(15)10-18/h3,5,8,11,20H,1-2,4,6-7,9-10H2. The number of carbonyl (C=O) groups excluding carboxylic acids is 1. The number of halogens is 1. The highest BCUT2D eigenvalue weighted by Gasteiger charge is 2.43. The Labute approximate surface area is 123 Å². The van der Waals surface area contributed by atoms with E-state index in [4.69, 9.17) is 11.6 Å². The molecule has 4 nitrogen and oxygen atoms in total. The number of hydrogen-bond acceptors (Lipinski definition) is 3. The van der Waals surface area contributed by atoms with Gasteiger partial charge in [-0.1, -0.05) is 24.4 Å². The van der Waals surface area contributed by atoms with Crippen molar-refractivity contribution in [1.29, 1.82) is 0 Å². The molecule has 2 heterocycles. The fourth-order valence-corrected chi connectivity index (χ4v) is 3.67. The zero-order chi connectivity index (χ0) is 14.2. The van der Waals surface area contributed by atoms with Crippen LogP contribution in [0.4, 0.5) is 0 Å². The van der Waals surface area contributed by atoms with Crippen molar-refractivity contribution >= 4 is 17.5 Å². The SMILES string of the molecule is O=C(c1cccnc1Cl)N1CCC2(O)CCCCC2C1. The first kappa shape index (κ1) is 13.8. The molecule has 0 bridgehead atoms. The maximum Gasteiger partial charge on any atom is 0.256 e. The van der Waals surface area contributed by atoms with Crippen LogP contribution in [0.3, 0.4) is 0 Å². The first-order valence-corrected chi connectivity index (χ1v) is 7.60. The van der Waals surface area contributed by atoms with Crippen LogP contribution in [0.25, 0.3) is 0 Å². The molecule has 1 amide bonds. The second-order valence-electron chi connectivity index (χ2n) is 5.89. The number of rotatable bonds is 1. The van der Waals surface area contributed by atoms with E-state index in [1.54, 1.807) is 18.3 Å². The van der Waals surface area contributed by atoms with E-state index in [0.717, 1.165) is 25.7 Å². The lowest BCUT2D eigenvalue weighted by molar-refractivity contribution is -0.0886. The maximum absolute atomic E-state index is 12.5. The van der Waals surface area contributed by atoms with E-state index in [-0.39, 0.29) is 17.0 Å². The van der Waals surface area contributed by atoms with E-state index in [2.05, 4.69) is 4.98 Å². The Morgan fingerprint density at radius 2 is 2.30 bits per heavy atom. The summed E-state index contributed by atoms with van der Waals surface area (Å²) in [6.45, 7) is 1.22. The summed E-state index contributed by atoms with van der Waals surface area (Å²) in [4.78, 5) is 18.3. The average Bonchev–Trinajstić information content (AvgIpc) is 2.46. The van der Waals surface area contributed by atoms with Gasteiger partial charge in [-0.3, -0.25) is 4.79 Å². The summed E-state index contributed by atoms with van der Waals surface area (Å²) in [5.74, 6) is 0.125. The van der Waals surface area contributed by atoms with Gasteiger partial charge >= 0.3 is 0 Å². The molecule has 1 aliphatic heterocycles. The van der Waals surface area contributed by atoms with Gasteiger partial charge in [0.2, 0.25) is 0 Å². The monoisotopic (exact) mass is 294 g/mol. The van der Waals surface area contributed by atoms with Crippen molar-refractivity contribution in [2.24, 2.45) is 5.92 Å². The van der Waals surface area contributed by atoms with Crippen LogP contribution in [0.2, 0.25) is 5.15 Å². The zero-order valence-electron chi connectivity index (χ0n) is 11.4. The van der Waals surface area contributed by atoms with Gasteiger partial charge in [-0.15, -0.1) is 0 Å². The molecular weight excluding hydrogens is 276 g/mol. The highest BCUT2D eigenvalue weighted by Crippen LogP contribution is 2.40. The second-order valence-corrected chi connectivity index (χ2v) is 6.25. The summed E-state index contributed by atoms with van der Waals surface area (Å²) in [6, 6.07) is 3.43. The van der Waals surface area contributed by atoms with E-state index in [1.807, 2.05) is 4.90 Å². The van der Waals surface area contributed by atoms with Gasteiger partial charge in [0.05, 0.1) is 11.2 Å². The Balaban J connectivity index is 1.76. The largest absolute Gasteiger partial charge is 0.389 e. The van der Waals surface area contributed by atoms with Crippen molar-refractivity contribution in [3.05, 3.63) is 29.0 Å². The van der Waals surface area contributed by atoms with E-state index in [9.17, 15) is 9.90 Å². The van der Waals surface area contributed by atoms with Gasteiger partial charge in [0, 0.05) is 25.2 Å². The maximum atomic E-state index is 12.5. The molecule has 2 fully saturated rings. The Bertz CT molecular complexity index is 522. The van der Waals surface area contributed by atoms with Crippen LogP contribution in [-0.4, -0.2) is 39.6 Å². The summed E-state index contributed by atoms with van der Waals surface area (Å²) in [7, 11) is 0. The Hall–Kier alpha value is -1.13. The number of carbonyl (C=O) groups is 1. The zero-order valence-corrected chi connectivity index (χ0v) is 12.1. The van der Waals surface area contributed by atoms with Crippen LogP contribution >= 0.6 is 11.6 Å². The topological polar surface area (TPSA) is 53.4 Å². The van der Waals surface area contributed by atoms with Crippen molar-refractivity contribution < 1.29 is 9.90 Å². The van der Waals surface area contributed by atoms with Gasteiger partial charge in [0.1, 0.15) is 5.15 Å². The van der Waals surface area contributed by atoms with Crippen molar-refractivity contribution in [2.75, 3.05) is 13.1 Å². The summed E-state index contributed by atoms with van der Waals surface area (Å²) in [5, 5.41) is 10.9. The number of aliphatic hydroxyl groups is 1. The van der Waals surface area contributed by atoms with E-state index < -0.39 is 5.60 Å². The van der Waals surface area contributed by atoms with Gasteiger partial charge in [-0.25, -0.2) is 4.98 Å². The molecule has 1 aromatic heterocycles. The third-order valence-corrected chi connectivity index (χ3v) is 5.01. The van der Waals surface area contributed by atoms with E-state index in [1.165, 1.54) is 0 Å². The lowest BCUT2D eigenvalue weighted by atomic mass is 9.71. The number of pyridine rings is 1. The molecule has 0 aromatic carbocycles. The summed E-state index contributed by atoms with van der Waals surface area (Å²) < 4.78 is 0. The third kappa shape index (κ3) is 2.42. The third-order valence-electron chi connectivity index (χ3n) is 4.70. The second kappa shape index (κ2) is 5.34. The number of likely N-dealkylation sites (tertiary alicyclic amines) is 1. The quantitative estimate of drug-likeness (QED) is 0.810. The molecular formula is C15H19ClN2O2. The predicted octanol–water partition coefficient (Wildman–Crippen LogP) is 2.50. The minimum absolute atomic E-state index is 0.0734. The van der Waals surface area contributed by atoms with Gasteiger partial charge in [-0.05, 0) is 31.4 Å². The summed E-state index contributed by atoms with van der Waals surface area (Å²) in [6.07, 6.45) is 6.35. The molecule has 108 valence electrons. The fourth-order valence-electron chi connectivity index (χ4n) is 3.47. The Kier molecular flexibility index (Phi) is 3.69. The van der Waals surface area contributed by atoms with E-state index in [0.29, 0.717) is 25.1 Å². The Morgan fingerprint density at radius 1 is 1.45 bits per heavy atom. The van der Waals surface area contributed by atoms with Crippen LogP contribution in [0.1, 0.15) is 42.5 Å². The molecule has 2 atom stereocenters. The molecule has 1 aromatic rings. The number of nitrogens with zero attached hydrogens (tertiary/aromatic N) is 2. The first-order valence-electron chi connectivity index (χ1n) is 7.22. The molecule has 1 saturated carbocycles. The highest BCUT2D eigenvalue weighted by molar-refractivity contribution is 6.32. The molecule has 1 N–H and O–H groups in total. The fraction of sp³-hybridized carbons (Fsp3) is 0.600. The molecule has 0 radical (unpaired) electrons. The minimum atomic E-state index is -0.562. The summed E-state index contributed by atoms with van der Waals surface area (Å²) >= 11 is 6.00. The van der Waals surface area contributed by atoms with Crippen molar-refractivity contribution in [3.8, 4) is 0 Å². The van der Waals surface area contributed by atoms with Crippen LogP contribution in [0, 0.1) is 5.92 Å². The average molecular weight is 295 g/mol. The van der Waals surface area contributed by atoms with E-state index >= 15 is 0 Å². The van der Waals surface area contributed by atoms with Crippen LogP contribution in [-0.2, 0) is 0 Å². The number of hydrogen-bond donors (Lipinski definition) is 1. The van der Waals surface area contributed by atoms with Gasteiger partial charge in [0.25, 0.3) is 5.91 Å². The minimum Gasteiger partial charge on any atom is -0.389 e. The van der Waals surface area contributed by atoms with Crippen molar-refractivity contribution in [2.45, 2.75) is 37.7 Å². The predicted molar refractivity (Wildman–Crippen MR) is 76.7 cm³/mol. The lowest BCUT2D eigenvalue weighted by Crippen LogP contribution is -2.54. The van der Waals surface area contributed by atoms with Crippen LogP contribution < -0.4 is 0 Å². The Morgan fingerprint density at radius 3 is 3.10 bits per heavy atom. The molecule has 3 rings (SSSR count). The highest BCUT2D eigenvalue weighted by atomic mass is 35.5. The van der Waals surface area contributed by atoms with Crippen LogP contribution in [0.5, 0.6) is 0 Å². The van der Waals surface area contributed by atoms with Gasteiger partial charge in [0.15, 0.2) is 0 Å². The first-order chi connectivity index (χ1) is 9.60. The molecule has 2 aliphatic rings. The van der Waals surface area contributed by atoms with Gasteiger partial charge < -0.3 is 10.0 Å². The summed E-state index contributed by atoms with van der Waals surface area (Å²) in [5.41, 5.74) is -0.108. The van der Waals surface area contributed by atoms with Crippen LogP contribution in [0.15, 0.2) is 18.3 Å². The van der Waals surface area contributed by atoms with Gasteiger partial charge in [-0.2, -0.15) is 0 Å². The smallest absolute Gasteiger partial charge is 0.256 e. The molecule has 20 heavy (non-hydrogen) atoms. The number of amides is 1. The van der Waals surface area contributed by atoms with Crippen molar-refractivity contribution in [1.82, 2.24) is 9.88 Å². The number of piperidine rings is 1. The molecule has 2 unspecified atom stereocenters. The van der Waals surface area contributed by atoms with Crippen molar-refractivity contribution in [3.63, 3.8) is 0 Å². The molecule has 1 aliphatic carbocycles. The number of aromatic nitrogens is 1.